The molecule has 0 aliphatic rings. The molecule has 3 aromatic carbocycles. The van der Waals surface area contributed by atoms with Gasteiger partial charge in [0.25, 0.3) is 5.91 Å². The number of hydrogen-bond donors (Lipinski definition) is 1. The van der Waals surface area contributed by atoms with E-state index in [1.807, 2.05) is 87.6 Å². The number of nitrogens with zero attached hydrogens (tertiary/aromatic N) is 1. The van der Waals surface area contributed by atoms with Crippen molar-refractivity contribution in [3.63, 3.8) is 0 Å². The molecule has 3 rings (SSSR count). The van der Waals surface area contributed by atoms with Crippen LogP contribution in [0.1, 0.15) is 41.8 Å². The monoisotopic (exact) mass is 552 g/mol. The van der Waals surface area contributed by atoms with E-state index in [1.54, 1.807) is 26.4 Å². The lowest BCUT2D eigenvalue weighted by Gasteiger charge is -2.21. The molecule has 0 fully saturated rings. The van der Waals surface area contributed by atoms with E-state index >= 15 is 0 Å². The van der Waals surface area contributed by atoms with Gasteiger partial charge in [-0.05, 0) is 72.6 Å². The largest absolute Gasteiger partial charge is 0.497 e. The normalized spacial score (nSPS) is 11.9. The lowest BCUT2D eigenvalue weighted by Crippen LogP contribution is -2.35. The summed E-state index contributed by atoms with van der Waals surface area (Å²) < 4.78 is 22.7. The Morgan fingerprint density at radius 1 is 0.923 bits per heavy atom. The molecule has 7 nitrogen and oxygen atoms in total. The summed E-state index contributed by atoms with van der Waals surface area (Å²) in [5.41, 5.74) is 3.30. The summed E-state index contributed by atoms with van der Waals surface area (Å²) in [7, 11) is 7.15. The molecule has 0 saturated carbocycles. The van der Waals surface area contributed by atoms with Crippen molar-refractivity contribution in [2.45, 2.75) is 39.5 Å². The zero-order valence-corrected chi connectivity index (χ0v) is 24.2. The number of nitrogens with one attached hydrogen (secondary N) is 1. The van der Waals surface area contributed by atoms with Crippen molar-refractivity contribution in [1.82, 2.24) is 10.2 Å². The highest BCUT2D eigenvalue weighted by molar-refractivity contribution is 6.32. The van der Waals surface area contributed by atoms with Crippen LogP contribution in [0.15, 0.2) is 72.4 Å². The van der Waals surface area contributed by atoms with E-state index in [0.717, 1.165) is 34.6 Å². The molecule has 1 atom stereocenters. The second-order valence-electron chi connectivity index (χ2n) is 9.33. The van der Waals surface area contributed by atoms with Crippen molar-refractivity contribution in [1.29, 1.82) is 0 Å². The van der Waals surface area contributed by atoms with Crippen LogP contribution in [0.2, 0.25) is 5.02 Å². The lowest BCUT2D eigenvalue weighted by molar-refractivity contribution is 0.0941. The summed E-state index contributed by atoms with van der Waals surface area (Å²) in [5, 5.41) is 3.39. The van der Waals surface area contributed by atoms with Gasteiger partial charge >= 0.3 is 0 Å². The Bertz CT molecular complexity index is 1260. The topological polar surface area (TPSA) is 69.3 Å². The van der Waals surface area contributed by atoms with Gasteiger partial charge in [0.15, 0.2) is 11.5 Å². The number of carbonyl (C=O) groups is 1. The van der Waals surface area contributed by atoms with Crippen molar-refractivity contribution in [2.24, 2.45) is 0 Å². The third-order valence-corrected chi connectivity index (χ3v) is 6.37. The van der Waals surface area contributed by atoms with Gasteiger partial charge < -0.3 is 29.2 Å². The fraction of sp³-hybridized carbons (Fsp3) is 0.323. The highest BCUT2D eigenvalue weighted by Gasteiger charge is 2.20. The highest BCUT2D eigenvalue weighted by Crippen LogP contribution is 2.38. The Kier molecular flexibility index (Phi) is 10.9. The number of hydrogen-bond acceptors (Lipinski definition) is 6. The van der Waals surface area contributed by atoms with E-state index in [2.05, 4.69) is 5.32 Å². The Hall–Kier alpha value is -3.84. The lowest BCUT2D eigenvalue weighted by atomic mass is 10.1. The van der Waals surface area contributed by atoms with Crippen LogP contribution in [0, 0.1) is 0 Å². The standard InChI is InChI=1S/C31H37ClN2O5/c1-7-28(21(2)18-34(3)4)33-31(35)24-16-27(32)30(39-20-23-10-14-26(37-6)15-11-23)29(17-24)38-19-22-8-12-25(36-5)13-9-22/h8-18,28H,7,19-20H2,1-6H3,(H,33,35)/b21-18+/t28-/m1/s1. The van der Waals surface area contributed by atoms with Crippen LogP contribution in [0.4, 0.5) is 0 Å². The zero-order chi connectivity index (χ0) is 28.4. The van der Waals surface area contributed by atoms with Crippen molar-refractivity contribution in [3.8, 4) is 23.0 Å². The number of ether oxygens (including phenoxy) is 4. The van der Waals surface area contributed by atoms with Crippen LogP contribution in [-0.2, 0) is 13.2 Å². The Labute approximate surface area is 236 Å². The van der Waals surface area contributed by atoms with Gasteiger partial charge in [-0.15, -0.1) is 0 Å². The van der Waals surface area contributed by atoms with E-state index < -0.39 is 0 Å². The van der Waals surface area contributed by atoms with Crippen molar-refractivity contribution in [3.05, 3.63) is 94.1 Å². The molecule has 8 heteroatoms. The quantitative estimate of drug-likeness (QED) is 0.261. The van der Waals surface area contributed by atoms with E-state index in [-0.39, 0.29) is 30.2 Å². The maximum absolute atomic E-state index is 13.3. The van der Waals surface area contributed by atoms with Crippen LogP contribution >= 0.6 is 11.6 Å². The average molecular weight is 553 g/mol. The molecular weight excluding hydrogens is 516 g/mol. The van der Waals surface area contributed by atoms with Gasteiger partial charge in [-0.3, -0.25) is 4.79 Å². The summed E-state index contributed by atoms with van der Waals surface area (Å²) >= 11 is 6.68. The molecule has 3 aromatic rings. The van der Waals surface area contributed by atoms with Crippen LogP contribution < -0.4 is 24.3 Å². The minimum Gasteiger partial charge on any atom is -0.497 e. The van der Waals surface area contributed by atoms with E-state index in [4.69, 9.17) is 30.5 Å². The minimum atomic E-state index is -0.244. The summed E-state index contributed by atoms with van der Waals surface area (Å²) in [6.07, 6.45) is 2.75. The van der Waals surface area contributed by atoms with Gasteiger partial charge in [-0.25, -0.2) is 0 Å². The molecule has 0 bridgehead atoms. The fourth-order valence-electron chi connectivity index (χ4n) is 3.98. The molecule has 0 radical (unpaired) electrons. The van der Waals surface area contributed by atoms with Crippen LogP contribution in [-0.4, -0.2) is 45.2 Å². The van der Waals surface area contributed by atoms with Gasteiger partial charge in [-0.1, -0.05) is 42.8 Å². The average Bonchev–Trinajstić information content (AvgIpc) is 2.93. The van der Waals surface area contributed by atoms with Crippen molar-refractivity contribution < 1.29 is 23.7 Å². The first-order valence-electron chi connectivity index (χ1n) is 12.7. The summed E-state index contributed by atoms with van der Waals surface area (Å²) in [5.74, 6) is 2.02. The summed E-state index contributed by atoms with van der Waals surface area (Å²) in [6.45, 7) is 4.55. The Balaban J connectivity index is 1.87. The van der Waals surface area contributed by atoms with E-state index in [0.29, 0.717) is 17.1 Å². The third-order valence-electron chi connectivity index (χ3n) is 6.09. The molecule has 0 aliphatic carbocycles. The number of amides is 1. The van der Waals surface area contributed by atoms with Crippen LogP contribution in [0.3, 0.4) is 0 Å². The highest BCUT2D eigenvalue weighted by atomic mass is 35.5. The molecule has 0 aliphatic heterocycles. The molecule has 208 valence electrons. The van der Waals surface area contributed by atoms with Gasteiger partial charge in [0, 0.05) is 19.7 Å². The number of rotatable bonds is 13. The molecule has 0 unspecified atom stereocenters. The van der Waals surface area contributed by atoms with Gasteiger partial charge in [0.05, 0.1) is 25.3 Å². The predicted octanol–water partition coefficient (Wildman–Crippen LogP) is 6.49. The smallest absolute Gasteiger partial charge is 0.251 e. The van der Waals surface area contributed by atoms with Crippen LogP contribution in [0.25, 0.3) is 0 Å². The third kappa shape index (κ3) is 8.58. The first-order valence-corrected chi connectivity index (χ1v) is 13.1. The minimum absolute atomic E-state index is 0.117. The van der Waals surface area contributed by atoms with Crippen LogP contribution in [0.5, 0.6) is 23.0 Å². The van der Waals surface area contributed by atoms with E-state index in [9.17, 15) is 4.79 Å². The van der Waals surface area contributed by atoms with Crippen molar-refractivity contribution in [2.75, 3.05) is 28.3 Å². The summed E-state index contributed by atoms with van der Waals surface area (Å²) in [4.78, 5) is 15.2. The number of carbonyl (C=O) groups excluding carboxylic acids is 1. The fourth-order valence-corrected chi connectivity index (χ4v) is 4.25. The maximum atomic E-state index is 13.3. The van der Waals surface area contributed by atoms with Gasteiger partial charge in [-0.2, -0.15) is 0 Å². The second kappa shape index (κ2) is 14.4. The summed E-state index contributed by atoms with van der Waals surface area (Å²) in [6, 6.07) is 18.3. The molecule has 0 aromatic heterocycles. The first kappa shape index (κ1) is 29.7. The number of methoxy groups -OCH3 is 2. The maximum Gasteiger partial charge on any atom is 0.251 e. The first-order chi connectivity index (χ1) is 18.7. The van der Waals surface area contributed by atoms with Crippen molar-refractivity contribution >= 4 is 17.5 Å². The van der Waals surface area contributed by atoms with Gasteiger partial charge in [0.1, 0.15) is 24.7 Å². The number of benzene rings is 3. The second-order valence-corrected chi connectivity index (χ2v) is 9.74. The molecule has 1 N–H and O–H groups in total. The zero-order valence-electron chi connectivity index (χ0n) is 23.4. The molecule has 0 heterocycles. The Morgan fingerprint density at radius 2 is 1.46 bits per heavy atom. The number of halogens is 1. The molecule has 39 heavy (non-hydrogen) atoms. The Morgan fingerprint density at radius 3 is 1.95 bits per heavy atom. The van der Waals surface area contributed by atoms with E-state index in [1.165, 1.54) is 0 Å². The molecule has 0 saturated heterocycles. The molecule has 1 amide bonds. The molecule has 0 spiro atoms. The predicted molar refractivity (Wildman–Crippen MR) is 155 cm³/mol. The van der Waals surface area contributed by atoms with Gasteiger partial charge in [0.2, 0.25) is 0 Å². The molecular formula is C31H37ClN2O5. The SMILES string of the molecule is CC[C@@H](NC(=O)c1cc(Cl)c(OCc2ccc(OC)cc2)c(OCc2ccc(OC)cc2)c1)/C(C)=C/N(C)C.